The van der Waals surface area contributed by atoms with Gasteiger partial charge in [0.2, 0.25) is 0 Å². The summed E-state index contributed by atoms with van der Waals surface area (Å²) in [5, 5.41) is 0. The van der Waals surface area contributed by atoms with Crippen molar-refractivity contribution in [3.05, 3.63) is 29.8 Å². The molecule has 4 atom stereocenters. The van der Waals surface area contributed by atoms with Crippen molar-refractivity contribution < 1.29 is 0 Å². The molecule has 0 amide bonds. The molecule has 3 rings (SSSR count). The van der Waals surface area contributed by atoms with Gasteiger partial charge in [-0.3, -0.25) is 11.3 Å². The van der Waals surface area contributed by atoms with E-state index < -0.39 is 0 Å². The predicted molar refractivity (Wildman–Crippen MR) is 82.1 cm³/mol. The summed E-state index contributed by atoms with van der Waals surface area (Å²) in [6.07, 6.45) is 5.43. The maximum Gasteiger partial charge on any atom is 0.0315 e. The summed E-state index contributed by atoms with van der Waals surface area (Å²) >= 11 is 1.99. The van der Waals surface area contributed by atoms with Gasteiger partial charge in [0.1, 0.15) is 0 Å². The highest BCUT2D eigenvalue weighted by Crippen LogP contribution is 2.44. The number of nitrogens with two attached hydrogens (primary N) is 1. The molecule has 19 heavy (non-hydrogen) atoms. The van der Waals surface area contributed by atoms with Gasteiger partial charge in [0.25, 0.3) is 0 Å². The number of fused-ring (bicyclic) bond motifs is 1. The molecule has 1 saturated carbocycles. The monoisotopic (exact) mass is 276 g/mol. The van der Waals surface area contributed by atoms with Gasteiger partial charge in [-0.15, -0.1) is 11.8 Å². The molecule has 0 bridgehead atoms. The molecule has 104 valence electrons. The van der Waals surface area contributed by atoms with E-state index in [0.717, 1.165) is 11.8 Å². The lowest BCUT2D eigenvalue weighted by molar-refractivity contribution is 0.207. The van der Waals surface area contributed by atoms with Crippen LogP contribution in [0.3, 0.4) is 0 Å². The molecule has 3 N–H and O–H groups in total. The van der Waals surface area contributed by atoms with Crippen molar-refractivity contribution in [1.29, 1.82) is 0 Å². The lowest BCUT2D eigenvalue weighted by Gasteiger charge is -2.36. The Morgan fingerprint density at radius 2 is 2.16 bits per heavy atom. The van der Waals surface area contributed by atoms with Crippen LogP contribution in [0.1, 0.15) is 44.1 Å². The van der Waals surface area contributed by atoms with Crippen molar-refractivity contribution >= 4 is 11.8 Å². The number of thioether (sulfide) groups is 1. The molecule has 1 aliphatic carbocycles. The number of hydrogen-bond acceptors (Lipinski definition) is 3. The van der Waals surface area contributed by atoms with Crippen LogP contribution in [-0.4, -0.2) is 11.8 Å². The maximum absolute atomic E-state index is 5.93. The van der Waals surface area contributed by atoms with Gasteiger partial charge in [-0.05, 0) is 36.3 Å². The van der Waals surface area contributed by atoms with E-state index in [1.807, 2.05) is 11.8 Å². The van der Waals surface area contributed by atoms with E-state index in [1.165, 1.54) is 41.9 Å². The van der Waals surface area contributed by atoms with Crippen LogP contribution in [0.4, 0.5) is 0 Å². The first-order valence-electron chi connectivity index (χ1n) is 7.47. The van der Waals surface area contributed by atoms with Gasteiger partial charge in [0.05, 0.1) is 0 Å². The van der Waals surface area contributed by atoms with Crippen molar-refractivity contribution in [2.45, 2.75) is 49.5 Å². The number of benzene rings is 1. The van der Waals surface area contributed by atoms with Gasteiger partial charge in [-0.2, -0.15) is 0 Å². The zero-order valence-electron chi connectivity index (χ0n) is 11.6. The highest BCUT2D eigenvalue weighted by Gasteiger charge is 2.36. The molecule has 2 aliphatic rings. The van der Waals surface area contributed by atoms with Crippen molar-refractivity contribution in [2.24, 2.45) is 17.7 Å². The van der Waals surface area contributed by atoms with Crippen LogP contribution in [0.15, 0.2) is 29.2 Å². The first kappa shape index (κ1) is 13.5. The second kappa shape index (κ2) is 5.86. The minimum absolute atomic E-state index is 0.443. The third-order valence-electron chi connectivity index (χ3n) is 4.85. The van der Waals surface area contributed by atoms with Crippen molar-refractivity contribution in [3.63, 3.8) is 0 Å². The molecule has 0 spiro atoms. The molecule has 1 aromatic rings. The summed E-state index contributed by atoms with van der Waals surface area (Å²) in [7, 11) is 0. The number of nitrogens with one attached hydrogen (secondary N) is 1. The summed E-state index contributed by atoms with van der Waals surface area (Å²) in [5.41, 5.74) is 4.67. The molecule has 3 heteroatoms. The molecular weight excluding hydrogens is 252 g/mol. The van der Waals surface area contributed by atoms with E-state index in [4.69, 9.17) is 5.84 Å². The van der Waals surface area contributed by atoms with E-state index in [2.05, 4.69) is 36.6 Å². The predicted octanol–water partition coefficient (Wildman–Crippen LogP) is 3.53. The average molecular weight is 276 g/mol. The maximum atomic E-state index is 5.93. The number of hydrazine groups is 1. The van der Waals surface area contributed by atoms with Crippen LogP contribution >= 0.6 is 11.8 Å². The van der Waals surface area contributed by atoms with E-state index in [0.29, 0.717) is 12.0 Å². The molecule has 4 unspecified atom stereocenters. The Morgan fingerprint density at radius 3 is 2.95 bits per heavy atom. The highest BCUT2D eigenvalue weighted by atomic mass is 32.2. The summed E-state index contributed by atoms with van der Waals surface area (Å²) in [5.74, 6) is 9.29. The SMILES string of the molecule is CC1CCCC(C(NN)C2CSc3ccccc32)C1. The van der Waals surface area contributed by atoms with Crippen LogP contribution in [0.5, 0.6) is 0 Å². The standard InChI is InChI=1S/C16H24N2S/c1-11-5-4-6-12(9-11)16(18-17)14-10-19-15-8-3-2-7-13(14)15/h2-3,7-8,11-12,14,16,18H,4-6,9-10,17H2,1H3. The van der Waals surface area contributed by atoms with Gasteiger partial charge in [-0.25, -0.2) is 0 Å². The Bertz CT molecular complexity index is 435. The van der Waals surface area contributed by atoms with Gasteiger partial charge < -0.3 is 0 Å². The lowest BCUT2D eigenvalue weighted by Crippen LogP contribution is -2.46. The zero-order valence-corrected chi connectivity index (χ0v) is 12.5. The molecule has 1 fully saturated rings. The third-order valence-corrected chi connectivity index (χ3v) is 6.06. The van der Waals surface area contributed by atoms with Crippen LogP contribution < -0.4 is 11.3 Å². The van der Waals surface area contributed by atoms with Crippen LogP contribution in [0.2, 0.25) is 0 Å². The van der Waals surface area contributed by atoms with E-state index in [1.54, 1.807) is 0 Å². The van der Waals surface area contributed by atoms with Crippen LogP contribution in [0.25, 0.3) is 0 Å². The second-order valence-corrected chi connectivity index (χ2v) is 7.24. The highest BCUT2D eigenvalue weighted by molar-refractivity contribution is 7.99. The molecule has 0 radical (unpaired) electrons. The average Bonchev–Trinajstić information content (AvgIpc) is 2.84. The molecule has 2 nitrogen and oxygen atoms in total. The number of rotatable bonds is 3. The zero-order chi connectivity index (χ0) is 13.2. The lowest BCUT2D eigenvalue weighted by atomic mass is 9.74. The van der Waals surface area contributed by atoms with Gasteiger partial charge in [0.15, 0.2) is 0 Å². The summed E-state index contributed by atoms with van der Waals surface area (Å²) in [6, 6.07) is 9.28. The molecule has 0 aromatic heterocycles. The summed E-state index contributed by atoms with van der Waals surface area (Å²) in [6.45, 7) is 2.39. The van der Waals surface area contributed by atoms with Crippen LogP contribution in [0, 0.1) is 11.8 Å². The minimum Gasteiger partial charge on any atom is -0.271 e. The van der Waals surface area contributed by atoms with E-state index >= 15 is 0 Å². The third kappa shape index (κ3) is 2.69. The summed E-state index contributed by atoms with van der Waals surface area (Å²) in [4.78, 5) is 1.46. The van der Waals surface area contributed by atoms with Crippen molar-refractivity contribution in [3.8, 4) is 0 Å². The fraction of sp³-hybridized carbons (Fsp3) is 0.625. The Balaban J connectivity index is 1.80. The van der Waals surface area contributed by atoms with Crippen LogP contribution in [-0.2, 0) is 0 Å². The molecular formula is C16H24N2S. The van der Waals surface area contributed by atoms with Crippen molar-refractivity contribution in [1.82, 2.24) is 5.43 Å². The quantitative estimate of drug-likeness (QED) is 0.655. The Hall–Kier alpha value is -0.510. The fourth-order valence-corrected chi connectivity index (χ4v) is 5.18. The van der Waals surface area contributed by atoms with Crippen molar-refractivity contribution in [2.75, 3.05) is 5.75 Å². The second-order valence-electron chi connectivity index (χ2n) is 6.18. The Morgan fingerprint density at radius 1 is 1.32 bits per heavy atom. The normalized spacial score (nSPS) is 32.0. The largest absolute Gasteiger partial charge is 0.271 e. The smallest absolute Gasteiger partial charge is 0.0315 e. The molecule has 1 heterocycles. The van der Waals surface area contributed by atoms with E-state index in [-0.39, 0.29) is 0 Å². The summed E-state index contributed by atoms with van der Waals surface area (Å²) < 4.78 is 0. The molecule has 1 aromatic carbocycles. The molecule has 1 aliphatic heterocycles. The van der Waals surface area contributed by atoms with Gasteiger partial charge >= 0.3 is 0 Å². The topological polar surface area (TPSA) is 38.0 Å². The van der Waals surface area contributed by atoms with E-state index in [9.17, 15) is 0 Å². The van der Waals surface area contributed by atoms with Gasteiger partial charge in [-0.1, -0.05) is 38.0 Å². The Labute approximate surface area is 120 Å². The fourth-order valence-electron chi connectivity index (χ4n) is 3.87. The Kier molecular flexibility index (Phi) is 4.15. The number of hydrogen-bond donors (Lipinski definition) is 2. The first-order valence-corrected chi connectivity index (χ1v) is 8.46. The first-order chi connectivity index (χ1) is 9.29. The molecule has 0 saturated heterocycles. The van der Waals surface area contributed by atoms with Gasteiger partial charge in [0, 0.05) is 22.6 Å². The minimum atomic E-state index is 0.443.